The van der Waals surface area contributed by atoms with Crippen LogP contribution in [0.5, 0.6) is 0 Å². The molecule has 0 spiro atoms. The fourth-order valence-corrected chi connectivity index (χ4v) is 3.98. The Labute approximate surface area is 151 Å². The number of benzene rings is 1. The largest absolute Gasteiger partial charge is 0.312 e. The van der Waals surface area contributed by atoms with Crippen LogP contribution in [-0.2, 0) is 11.8 Å². The SMILES string of the molecule is C=CCSc1nc(=O)c2c(n1C)NC(=O)C[C@@H]2c1ccc(C)cc1C. The first-order valence-corrected chi connectivity index (χ1v) is 9.12. The molecule has 25 heavy (non-hydrogen) atoms. The summed E-state index contributed by atoms with van der Waals surface area (Å²) in [5, 5.41) is 3.44. The van der Waals surface area contributed by atoms with Crippen LogP contribution in [-0.4, -0.2) is 21.2 Å². The third-order valence-corrected chi connectivity index (χ3v) is 5.46. The topological polar surface area (TPSA) is 64.0 Å². The van der Waals surface area contributed by atoms with Gasteiger partial charge in [-0.2, -0.15) is 4.98 Å². The molecule has 0 radical (unpaired) electrons. The van der Waals surface area contributed by atoms with Gasteiger partial charge in [-0.25, -0.2) is 0 Å². The zero-order valence-corrected chi connectivity index (χ0v) is 15.4. The van der Waals surface area contributed by atoms with Gasteiger partial charge in [-0.1, -0.05) is 41.6 Å². The molecule has 5 nitrogen and oxygen atoms in total. The van der Waals surface area contributed by atoms with Crippen LogP contribution >= 0.6 is 11.8 Å². The van der Waals surface area contributed by atoms with Crippen molar-refractivity contribution in [2.75, 3.05) is 11.1 Å². The maximum Gasteiger partial charge on any atom is 0.279 e. The highest BCUT2D eigenvalue weighted by molar-refractivity contribution is 7.99. The Morgan fingerprint density at radius 2 is 2.16 bits per heavy atom. The van der Waals surface area contributed by atoms with Crippen LogP contribution in [0.4, 0.5) is 5.82 Å². The molecule has 0 saturated heterocycles. The molecule has 0 bridgehead atoms. The number of aromatic nitrogens is 2. The van der Waals surface area contributed by atoms with E-state index in [1.807, 2.05) is 33.0 Å². The molecular formula is C19H21N3O2S. The zero-order valence-electron chi connectivity index (χ0n) is 14.6. The average Bonchev–Trinajstić information content (AvgIpc) is 2.56. The molecule has 130 valence electrons. The number of hydrogen-bond acceptors (Lipinski definition) is 4. The number of hydrogen-bond donors (Lipinski definition) is 1. The van der Waals surface area contributed by atoms with Gasteiger partial charge < -0.3 is 9.88 Å². The van der Waals surface area contributed by atoms with E-state index in [0.717, 1.165) is 16.7 Å². The van der Waals surface area contributed by atoms with Crippen LogP contribution in [0.3, 0.4) is 0 Å². The number of fused-ring (bicyclic) bond motifs is 1. The maximum absolute atomic E-state index is 12.8. The van der Waals surface area contributed by atoms with Gasteiger partial charge in [-0.05, 0) is 25.0 Å². The molecule has 3 rings (SSSR count). The third kappa shape index (κ3) is 3.26. The summed E-state index contributed by atoms with van der Waals surface area (Å²) in [5.41, 5.74) is 3.54. The van der Waals surface area contributed by atoms with Gasteiger partial charge in [0.15, 0.2) is 5.16 Å². The van der Waals surface area contributed by atoms with E-state index < -0.39 is 0 Å². The number of nitrogens with zero attached hydrogens (tertiary/aromatic N) is 2. The normalized spacial score (nSPS) is 16.3. The van der Waals surface area contributed by atoms with Gasteiger partial charge in [-0.15, -0.1) is 6.58 Å². The van der Waals surface area contributed by atoms with Crippen molar-refractivity contribution >= 4 is 23.5 Å². The molecule has 0 unspecified atom stereocenters. The second kappa shape index (κ2) is 6.88. The predicted molar refractivity (Wildman–Crippen MR) is 101 cm³/mol. The van der Waals surface area contributed by atoms with E-state index in [4.69, 9.17) is 0 Å². The molecule has 1 aromatic heterocycles. The first-order valence-electron chi connectivity index (χ1n) is 8.14. The van der Waals surface area contributed by atoms with Crippen LogP contribution in [0, 0.1) is 13.8 Å². The highest BCUT2D eigenvalue weighted by Gasteiger charge is 2.32. The number of aryl methyl sites for hydroxylation is 2. The smallest absolute Gasteiger partial charge is 0.279 e. The Morgan fingerprint density at radius 1 is 1.40 bits per heavy atom. The molecule has 2 aromatic rings. The Hall–Kier alpha value is -2.34. The highest BCUT2D eigenvalue weighted by Crippen LogP contribution is 2.37. The minimum Gasteiger partial charge on any atom is -0.312 e. The van der Waals surface area contributed by atoms with Crippen molar-refractivity contribution in [2.24, 2.45) is 7.05 Å². The van der Waals surface area contributed by atoms with Crippen LogP contribution in [0.2, 0.25) is 0 Å². The van der Waals surface area contributed by atoms with Gasteiger partial charge in [0.2, 0.25) is 5.91 Å². The third-order valence-electron chi connectivity index (χ3n) is 4.43. The van der Waals surface area contributed by atoms with Crippen molar-refractivity contribution < 1.29 is 4.79 Å². The Bertz CT molecular complexity index is 918. The molecule has 1 amide bonds. The second-order valence-electron chi connectivity index (χ2n) is 6.29. The number of nitrogens with one attached hydrogen (secondary N) is 1. The van der Waals surface area contributed by atoms with Crippen molar-refractivity contribution in [1.29, 1.82) is 0 Å². The van der Waals surface area contributed by atoms with E-state index in [2.05, 4.69) is 22.9 Å². The Balaban J connectivity index is 2.18. The lowest BCUT2D eigenvalue weighted by Crippen LogP contribution is -2.33. The summed E-state index contributed by atoms with van der Waals surface area (Å²) in [6.45, 7) is 7.73. The van der Waals surface area contributed by atoms with E-state index in [0.29, 0.717) is 22.3 Å². The number of anilines is 1. The maximum atomic E-state index is 12.8. The van der Waals surface area contributed by atoms with E-state index in [-0.39, 0.29) is 23.8 Å². The summed E-state index contributed by atoms with van der Waals surface area (Å²) in [6.07, 6.45) is 2.01. The number of thioether (sulfide) groups is 1. The van der Waals surface area contributed by atoms with Crippen molar-refractivity contribution in [2.45, 2.75) is 31.3 Å². The zero-order chi connectivity index (χ0) is 18.1. The summed E-state index contributed by atoms with van der Waals surface area (Å²) in [7, 11) is 1.82. The summed E-state index contributed by atoms with van der Waals surface area (Å²) in [5.74, 6) is 0.841. The molecular weight excluding hydrogens is 334 g/mol. The molecule has 1 aliphatic rings. The fourth-order valence-electron chi connectivity index (χ4n) is 3.28. The first kappa shape index (κ1) is 17.5. The molecule has 1 atom stereocenters. The number of carbonyl (C=O) groups is 1. The summed E-state index contributed by atoms with van der Waals surface area (Å²) in [4.78, 5) is 29.3. The molecule has 0 fully saturated rings. The summed E-state index contributed by atoms with van der Waals surface area (Å²) >= 11 is 1.42. The van der Waals surface area contributed by atoms with Crippen molar-refractivity contribution in [3.63, 3.8) is 0 Å². The van der Waals surface area contributed by atoms with Gasteiger partial charge in [0.1, 0.15) is 5.82 Å². The van der Waals surface area contributed by atoms with Gasteiger partial charge in [-0.3, -0.25) is 9.59 Å². The summed E-state index contributed by atoms with van der Waals surface area (Å²) in [6, 6.07) is 6.10. The van der Waals surface area contributed by atoms with Crippen molar-refractivity contribution in [1.82, 2.24) is 9.55 Å². The molecule has 1 aromatic carbocycles. The van der Waals surface area contributed by atoms with Crippen LogP contribution in [0.25, 0.3) is 0 Å². The molecule has 1 N–H and O–H groups in total. The number of amides is 1. The van der Waals surface area contributed by atoms with E-state index >= 15 is 0 Å². The van der Waals surface area contributed by atoms with Crippen LogP contribution in [0.1, 0.15) is 34.6 Å². The minimum atomic E-state index is -0.273. The predicted octanol–water partition coefficient (Wildman–Crippen LogP) is 3.15. The van der Waals surface area contributed by atoms with Gasteiger partial charge >= 0.3 is 0 Å². The van der Waals surface area contributed by atoms with Gasteiger partial charge in [0.25, 0.3) is 5.56 Å². The minimum absolute atomic E-state index is 0.0849. The van der Waals surface area contributed by atoms with Gasteiger partial charge in [0, 0.05) is 25.1 Å². The lowest BCUT2D eigenvalue weighted by Gasteiger charge is -2.28. The monoisotopic (exact) mass is 355 g/mol. The van der Waals surface area contributed by atoms with Crippen LogP contribution in [0.15, 0.2) is 40.8 Å². The average molecular weight is 355 g/mol. The fraction of sp³-hybridized carbons (Fsp3) is 0.316. The summed E-state index contributed by atoms with van der Waals surface area (Å²) < 4.78 is 1.79. The lowest BCUT2D eigenvalue weighted by molar-refractivity contribution is -0.116. The van der Waals surface area contributed by atoms with Crippen LogP contribution < -0.4 is 10.9 Å². The van der Waals surface area contributed by atoms with Gasteiger partial charge in [0.05, 0.1) is 5.56 Å². The van der Waals surface area contributed by atoms with E-state index in [1.54, 1.807) is 10.6 Å². The van der Waals surface area contributed by atoms with Crippen molar-refractivity contribution in [3.8, 4) is 0 Å². The molecule has 0 aliphatic carbocycles. The number of carbonyl (C=O) groups excluding carboxylic acids is 1. The van der Waals surface area contributed by atoms with Crippen molar-refractivity contribution in [3.05, 3.63) is 63.5 Å². The van der Waals surface area contributed by atoms with E-state index in [9.17, 15) is 9.59 Å². The highest BCUT2D eigenvalue weighted by atomic mass is 32.2. The first-order chi connectivity index (χ1) is 11.9. The van der Waals surface area contributed by atoms with E-state index in [1.165, 1.54) is 11.8 Å². The molecule has 6 heteroatoms. The Kier molecular flexibility index (Phi) is 4.81. The Morgan fingerprint density at radius 3 is 2.84 bits per heavy atom. The standard InChI is InChI=1S/C19H21N3O2S/c1-5-8-25-19-21-18(24)16-14(10-15(23)20-17(16)22(19)4)13-7-6-11(2)9-12(13)3/h5-7,9,14H,1,8,10H2,2-4H3,(H,20,23)/t14-/m1/s1. The number of rotatable bonds is 4. The quantitative estimate of drug-likeness (QED) is 0.520. The molecule has 2 heterocycles. The lowest BCUT2D eigenvalue weighted by atomic mass is 9.84. The molecule has 1 aliphatic heterocycles. The second-order valence-corrected chi connectivity index (χ2v) is 7.27. The molecule has 0 saturated carbocycles.